The molecule has 0 bridgehead atoms. The highest BCUT2D eigenvalue weighted by atomic mass is 16.2. The Morgan fingerprint density at radius 2 is 2.14 bits per heavy atom. The molecule has 1 amide bonds. The quantitative estimate of drug-likeness (QED) is 0.856. The third kappa shape index (κ3) is 4.52. The Kier molecular flexibility index (Phi) is 5.20. The lowest BCUT2D eigenvalue weighted by Gasteiger charge is -2.07. The minimum absolute atomic E-state index is 0.0366. The van der Waals surface area contributed by atoms with Gasteiger partial charge in [-0.2, -0.15) is 0 Å². The first-order valence-corrected chi connectivity index (χ1v) is 6.91. The number of carbonyl (C=O) groups excluding carboxylic acids is 1. The first-order valence-electron chi connectivity index (χ1n) is 6.91. The molecule has 0 aliphatic heterocycles. The largest absolute Gasteiger partial charge is 0.349 e. The maximum atomic E-state index is 11.9. The molecule has 0 spiro atoms. The first-order chi connectivity index (χ1) is 10.2. The minimum Gasteiger partial charge on any atom is -0.349 e. The van der Waals surface area contributed by atoms with Crippen LogP contribution in [0.4, 0.5) is 0 Å². The van der Waals surface area contributed by atoms with Crippen LogP contribution in [-0.4, -0.2) is 20.4 Å². The molecule has 0 radical (unpaired) electrons. The number of aryl methyl sites for hydroxylation is 1. The molecule has 2 rings (SSSR count). The van der Waals surface area contributed by atoms with Gasteiger partial charge in [-0.3, -0.25) is 19.1 Å². The van der Waals surface area contributed by atoms with E-state index in [9.17, 15) is 9.59 Å². The summed E-state index contributed by atoms with van der Waals surface area (Å²) in [4.78, 5) is 32.0. The predicted octanol–water partition coefficient (Wildman–Crippen LogP) is 0.907. The zero-order valence-corrected chi connectivity index (χ0v) is 12.0. The molecule has 2 heterocycles. The van der Waals surface area contributed by atoms with E-state index >= 15 is 0 Å². The van der Waals surface area contributed by atoms with Crippen molar-refractivity contribution in [1.82, 2.24) is 19.9 Å². The van der Waals surface area contributed by atoms with Gasteiger partial charge in [0, 0.05) is 18.0 Å². The molecule has 0 aromatic carbocycles. The van der Waals surface area contributed by atoms with Gasteiger partial charge in [-0.05, 0) is 18.6 Å². The number of nitrogens with zero attached hydrogens (tertiary/aromatic N) is 3. The fourth-order valence-electron chi connectivity index (χ4n) is 1.88. The second-order valence-electron chi connectivity index (χ2n) is 4.69. The van der Waals surface area contributed by atoms with E-state index in [4.69, 9.17) is 0 Å². The third-order valence-electron chi connectivity index (χ3n) is 2.95. The van der Waals surface area contributed by atoms with E-state index in [1.165, 1.54) is 17.0 Å². The maximum absolute atomic E-state index is 11.9. The van der Waals surface area contributed by atoms with Crippen LogP contribution in [0.5, 0.6) is 0 Å². The summed E-state index contributed by atoms with van der Waals surface area (Å²) in [5.41, 5.74) is 1.32. The van der Waals surface area contributed by atoms with Crippen molar-refractivity contribution in [3.05, 3.63) is 58.5 Å². The van der Waals surface area contributed by atoms with Gasteiger partial charge in [-0.15, -0.1) is 0 Å². The van der Waals surface area contributed by atoms with Gasteiger partial charge in [0.25, 0.3) is 5.56 Å². The van der Waals surface area contributed by atoms with E-state index in [-0.39, 0.29) is 18.0 Å². The Balaban J connectivity index is 1.92. The Morgan fingerprint density at radius 1 is 1.29 bits per heavy atom. The lowest BCUT2D eigenvalue weighted by molar-refractivity contribution is -0.121. The summed E-state index contributed by atoms with van der Waals surface area (Å²) in [6.45, 7) is 2.33. The standard InChI is InChI=1S/C15H18N4O2/c1-2-5-12-8-15(21)19(11-18-12)10-14(20)17-9-13-6-3-4-7-16-13/h3-4,6-8,11H,2,5,9-10H2,1H3,(H,17,20). The smallest absolute Gasteiger partial charge is 0.253 e. The molecule has 2 aromatic rings. The van der Waals surface area contributed by atoms with E-state index in [1.807, 2.05) is 25.1 Å². The van der Waals surface area contributed by atoms with Crippen molar-refractivity contribution < 1.29 is 4.79 Å². The van der Waals surface area contributed by atoms with Crippen LogP contribution in [-0.2, 0) is 24.3 Å². The Morgan fingerprint density at radius 3 is 2.81 bits per heavy atom. The van der Waals surface area contributed by atoms with Crippen LogP contribution in [0.15, 0.2) is 41.6 Å². The van der Waals surface area contributed by atoms with Crippen molar-refractivity contribution in [3.63, 3.8) is 0 Å². The molecule has 6 heteroatoms. The fourth-order valence-corrected chi connectivity index (χ4v) is 1.88. The van der Waals surface area contributed by atoms with E-state index in [0.29, 0.717) is 6.54 Å². The number of hydrogen-bond acceptors (Lipinski definition) is 4. The molecule has 0 saturated carbocycles. The van der Waals surface area contributed by atoms with Crippen molar-refractivity contribution in [2.75, 3.05) is 0 Å². The van der Waals surface area contributed by atoms with Gasteiger partial charge in [0.15, 0.2) is 0 Å². The molecule has 6 nitrogen and oxygen atoms in total. The van der Waals surface area contributed by atoms with Crippen LogP contribution in [0.3, 0.4) is 0 Å². The fraction of sp³-hybridized carbons (Fsp3) is 0.333. The van der Waals surface area contributed by atoms with Crippen LogP contribution >= 0.6 is 0 Å². The summed E-state index contributed by atoms with van der Waals surface area (Å²) < 4.78 is 1.30. The summed E-state index contributed by atoms with van der Waals surface area (Å²) >= 11 is 0. The molecule has 2 aromatic heterocycles. The van der Waals surface area contributed by atoms with Crippen molar-refractivity contribution in [2.45, 2.75) is 32.9 Å². The van der Waals surface area contributed by atoms with Gasteiger partial charge in [0.2, 0.25) is 5.91 Å². The molecule has 110 valence electrons. The highest BCUT2D eigenvalue weighted by molar-refractivity contribution is 5.75. The zero-order valence-electron chi connectivity index (χ0n) is 12.0. The molecular weight excluding hydrogens is 268 g/mol. The topological polar surface area (TPSA) is 76.9 Å². The molecule has 21 heavy (non-hydrogen) atoms. The van der Waals surface area contributed by atoms with Crippen LogP contribution in [0.1, 0.15) is 24.7 Å². The lowest BCUT2D eigenvalue weighted by Crippen LogP contribution is -2.32. The molecule has 0 fully saturated rings. The molecule has 0 saturated heterocycles. The van der Waals surface area contributed by atoms with Gasteiger partial charge in [0.05, 0.1) is 18.6 Å². The van der Waals surface area contributed by atoms with Crippen molar-refractivity contribution in [3.8, 4) is 0 Å². The summed E-state index contributed by atoms with van der Waals surface area (Å²) in [7, 11) is 0. The maximum Gasteiger partial charge on any atom is 0.253 e. The van der Waals surface area contributed by atoms with Crippen molar-refractivity contribution >= 4 is 5.91 Å². The van der Waals surface area contributed by atoms with Gasteiger partial charge < -0.3 is 5.32 Å². The minimum atomic E-state index is -0.243. The number of rotatable bonds is 6. The average Bonchev–Trinajstić information content (AvgIpc) is 2.49. The average molecular weight is 286 g/mol. The second-order valence-corrected chi connectivity index (χ2v) is 4.69. The number of aromatic nitrogens is 3. The van der Waals surface area contributed by atoms with Crippen molar-refractivity contribution in [1.29, 1.82) is 0 Å². The van der Waals surface area contributed by atoms with E-state index in [2.05, 4.69) is 15.3 Å². The van der Waals surface area contributed by atoms with E-state index in [0.717, 1.165) is 24.2 Å². The monoisotopic (exact) mass is 286 g/mol. The van der Waals surface area contributed by atoms with E-state index < -0.39 is 0 Å². The normalized spacial score (nSPS) is 10.3. The van der Waals surface area contributed by atoms with E-state index in [1.54, 1.807) is 6.20 Å². The molecule has 0 aliphatic rings. The number of hydrogen-bond donors (Lipinski definition) is 1. The first kappa shape index (κ1) is 14.9. The second kappa shape index (κ2) is 7.33. The van der Waals surface area contributed by atoms with Gasteiger partial charge in [-0.25, -0.2) is 4.98 Å². The van der Waals surface area contributed by atoms with Crippen molar-refractivity contribution in [2.24, 2.45) is 0 Å². The Labute approximate surface area is 122 Å². The number of amides is 1. The zero-order chi connectivity index (χ0) is 15.1. The van der Waals surface area contributed by atoms with Crippen LogP contribution in [0.25, 0.3) is 0 Å². The highest BCUT2D eigenvalue weighted by Gasteiger charge is 2.06. The number of nitrogens with one attached hydrogen (secondary N) is 1. The Bertz CT molecular complexity index is 652. The third-order valence-corrected chi connectivity index (χ3v) is 2.95. The summed E-state index contributed by atoms with van der Waals surface area (Å²) in [6, 6.07) is 6.98. The van der Waals surface area contributed by atoms with Crippen LogP contribution in [0.2, 0.25) is 0 Å². The molecule has 1 N–H and O–H groups in total. The van der Waals surface area contributed by atoms with Gasteiger partial charge in [-0.1, -0.05) is 19.4 Å². The Hall–Kier alpha value is -2.50. The van der Waals surface area contributed by atoms with Gasteiger partial charge in [0.1, 0.15) is 6.54 Å². The SMILES string of the molecule is CCCc1cc(=O)n(CC(=O)NCc2ccccn2)cn1. The molecule has 0 atom stereocenters. The van der Waals surface area contributed by atoms with Gasteiger partial charge >= 0.3 is 0 Å². The van der Waals surface area contributed by atoms with Crippen LogP contribution < -0.4 is 10.9 Å². The predicted molar refractivity (Wildman–Crippen MR) is 78.6 cm³/mol. The summed E-state index contributed by atoms with van der Waals surface area (Å²) in [5.74, 6) is -0.243. The molecule has 0 aliphatic carbocycles. The summed E-state index contributed by atoms with van der Waals surface area (Å²) in [5, 5.41) is 2.73. The molecular formula is C15H18N4O2. The molecule has 0 unspecified atom stereocenters. The number of pyridine rings is 1. The lowest BCUT2D eigenvalue weighted by atomic mass is 10.2. The number of carbonyl (C=O) groups is 1. The highest BCUT2D eigenvalue weighted by Crippen LogP contribution is 1.95. The van der Waals surface area contributed by atoms with Crippen LogP contribution in [0, 0.1) is 0 Å². The summed E-state index contributed by atoms with van der Waals surface area (Å²) in [6.07, 6.45) is 4.79.